The summed E-state index contributed by atoms with van der Waals surface area (Å²) in [6.45, 7) is 4.37. The number of halogens is 1. The second kappa shape index (κ2) is 7.83. The molecule has 0 fully saturated rings. The van der Waals surface area contributed by atoms with E-state index in [4.69, 9.17) is 10.5 Å². The van der Waals surface area contributed by atoms with Gasteiger partial charge in [-0.15, -0.1) is 24.0 Å². The summed E-state index contributed by atoms with van der Waals surface area (Å²) in [5.74, 6) is 0.509. The Morgan fingerprint density at radius 1 is 1.35 bits per heavy atom. The maximum absolute atomic E-state index is 5.84. The van der Waals surface area contributed by atoms with Crippen LogP contribution in [0.4, 0.5) is 0 Å². The average Bonchev–Trinajstić information content (AvgIpc) is 2.73. The van der Waals surface area contributed by atoms with Crippen molar-refractivity contribution in [3.05, 3.63) is 35.4 Å². The third-order valence-corrected chi connectivity index (χ3v) is 3.60. The molecular weight excluding hydrogens is 365 g/mol. The van der Waals surface area contributed by atoms with Gasteiger partial charge in [0.15, 0.2) is 5.96 Å². The summed E-state index contributed by atoms with van der Waals surface area (Å²) >= 11 is 0. The Bertz CT molecular complexity index is 437. The number of hydrogen-bond donors (Lipinski definition) is 2. The summed E-state index contributed by atoms with van der Waals surface area (Å²) < 4.78 is 4.96. The van der Waals surface area contributed by atoms with Gasteiger partial charge < -0.3 is 15.8 Å². The zero-order valence-corrected chi connectivity index (χ0v) is 14.5. The van der Waals surface area contributed by atoms with Crippen molar-refractivity contribution < 1.29 is 4.74 Å². The molecule has 112 valence electrons. The summed E-state index contributed by atoms with van der Waals surface area (Å²) in [5.41, 5.74) is 8.93. The van der Waals surface area contributed by atoms with Crippen LogP contribution in [0.3, 0.4) is 0 Å². The minimum Gasteiger partial charge on any atom is -0.383 e. The van der Waals surface area contributed by atoms with E-state index in [0.29, 0.717) is 19.1 Å². The van der Waals surface area contributed by atoms with Gasteiger partial charge in [0.25, 0.3) is 0 Å². The van der Waals surface area contributed by atoms with Crippen molar-refractivity contribution >= 4 is 29.9 Å². The topological polar surface area (TPSA) is 59.6 Å². The van der Waals surface area contributed by atoms with E-state index in [0.717, 1.165) is 19.4 Å². The number of hydrogen-bond acceptors (Lipinski definition) is 2. The molecule has 0 saturated heterocycles. The number of rotatable bonds is 5. The van der Waals surface area contributed by atoms with Crippen molar-refractivity contribution in [2.75, 3.05) is 26.8 Å². The van der Waals surface area contributed by atoms with Crippen molar-refractivity contribution in [3.63, 3.8) is 0 Å². The van der Waals surface area contributed by atoms with Crippen LogP contribution in [0.5, 0.6) is 0 Å². The molecule has 0 heterocycles. The number of nitrogens with one attached hydrogen (secondary N) is 1. The summed E-state index contributed by atoms with van der Waals surface area (Å²) in [6.07, 6.45) is 2.16. The summed E-state index contributed by atoms with van der Waals surface area (Å²) in [5, 5.41) is 3.05. The summed E-state index contributed by atoms with van der Waals surface area (Å²) in [4.78, 5) is 4.46. The SMILES string of the molecule is COCCNC(N)=NCC1(C)Cc2ccccc2C1.I. The van der Waals surface area contributed by atoms with Gasteiger partial charge in [-0.2, -0.15) is 0 Å². The molecule has 4 nitrogen and oxygen atoms in total. The fourth-order valence-corrected chi connectivity index (χ4v) is 2.61. The Morgan fingerprint density at radius 3 is 2.50 bits per heavy atom. The van der Waals surface area contributed by atoms with Crippen LogP contribution in [0.25, 0.3) is 0 Å². The zero-order chi connectivity index (χ0) is 13.7. The molecule has 1 aromatic carbocycles. The van der Waals surface area contributed by atoms with Crippen molar-refractivity contribution in [2.24, 2.45) is 16.1 Å². The van der Waals surface area contributed by atoms with Gasteiger partial charge in [-0.25, -0.2) is 0 Å². The Balaban J connectivity index is 0.00000200. The number of aliphatic imine (C=N–C) groups is 1. The molecule has 3 N–H and O–H groups in total. The molecule has 1 aromatic rings. The molecule has 20 heavy (non-hydrogen) atoms. The Morgan fingerprint density at radius 2 is 1.95 bits per heavy atom. The highest BCUT2D eigenvalue weighted by molar-refractivity contribution is 14.0. The fourth-order valence-electron chi connectivity index (χ4n) is 2.61. The smallest absolute Gasteiger partial charge is 0.188 e. The molecule has 0 unspecified atom stereocenters. The first-order valence-electron chi connectivity index (χ1n) is 6.72. The monoisotopic (exact) mass is 389 g/mol. The molecule has 2 rings (SSSR count). The van der Waals surface area contributed by atoms with Gasteiger partial charge >= 0.3 is 0 Å². The molecule has 0 spiro atoms. The fraction of sp³-hybridized carbons (Fsp3) is 0.533. The quantitative estimate of drug-likeness (QED) is 0.350. The number of benzene rings is 1. The number of nitrogens with two attached hydrogens (primary N) is 1. The number of ether oxygens (including phenoxy) is 1. The van der Waals surface area contributed by atoms with Gasteiger partial charge in [0.2, 0.25) is 0 Å². The molecule has 0 amide bonds. The van der Waals surface area contributed by atoms with Crippen LogP contribution in [0.2, 0.25) is 0 Å². The zero-order valence-electron chi connectivity index (χ0n) is 12.2. The lowest BCUT2D eigenvalue weighted by Crippen LogP contribution is -2.35. The largest absolute Gasteiger partial charge is 0.383 e. The average molecular weight is 389 g/mol. The normalized spacial score (nSPS) is 16.4. The lowest BCUT2D eigenvalue weighted by atomic mass is 9.87. The van der Waals surface area contributed by atoms with Gasteiger partial charge in [0, 0.05) is 20.2 Å². The highest BCUT2D eigenvalue weighted by Crippen LogP contribution is 2.36. The van der Waals surface area contributed by atoms with Crippen molar-refractivity contribution in [1.29, 1.82) is 0 Å². The van der Waals surface area contributed by atoms with Crippen LogP contribution >= 0.6 is 24.0 Å². The van der Waals surface area contributed by atoms with E-state index in [2.05, 4.69) is 41.5 Å². The van der Waals surface area contributed by atoms with Crippen LogP contribution in [0.15, 0.2) is 29.3 Å². The number of methoxy groups -OCH3 is 1. The number of fused-ring (bicyclic) bond motifs is 1. The van der Waals surface area contributed by atoms with E-state index >= 15 is 0 Å². The van der Waals surface area contributed by atoms with Crippen molar-refractivity contribution in [1.82, 2.24) is 5.32 Å². The first-order chi connectivity index (χ1) is 9.13. The van der Waals surface area contributed by atoms with Crippen LogP contribution < -0.4 is 11.1 Å². The molecule has 5 heteroatoms. The van der Waals surface area contributed by atoms with Gasteiger partial charge in [0.1, 0.15) is 0 Å². The van der Waals surface area contributed by atoms with Gasteiger partial charge in [0.05, 0.1) is 6.61 Å². The van der Waals surface area contributed by atoms with Crippen LogP contribution in [-0.2, 0) is 17.6 Å². The minimum atomic E-state index is 0. The molecule has 0 bridgehead atoms. The van der Waals surface area contributed by atoms with E-state index in [9.17, 15) is 0 Å². The van der Waals surface area contributed by atoms with Crippen LogP contribution in [0.1, 0.15) is 18.1 Å². The standard InChI is InChI=1S/C15H23N3O.HI/c1-15(11-18-14(16)17-7-8-19-2)9-12-5-3-4-6-13(12)10-15;/h3-6H,7-11H2,1-2H3,(H3,16,17,18);1H. The predicted molar refractivity (Wildman–Crippen MR) is 93.7 cm³/mol. The third-order valence-electron chi connectivity index (χ3n) is 3.60. The van der Waals surface area contributed by atoms with E-state index < -0.39 is 0 Å². The van der Waals surface area contributed by atoms with Crippen LogP contribution in [0, 0.1) is 5.41 Å². The Kier molecular flexibility index (Phi) is 6.75. The molecule has 1 aliphatic rings. The highest BCUT2D eigenvalue weighted by atomic mass is 127. The minimum absolute atomic E-state index is 0. The maximum Gasteiger partial charge on any atom is 0.188 e. The lowest BCUT2D eigenvalue weighted by molar-refractivity contribution is 0.204. The second-order valence-electron chi connectivity index (χ2n) is 5.55. The number of guanidine groups is 1. The molecular formula is C15H24IN3O. The van der Waals surface area contributed by atoms with Gasteiger partial charge in [-0.3, -0.25) is 4.99 Å². The molecule has 0 saturated carbocycles. The third kappa shape index (κ3) is 4.63. The molecule has 0 aromatic heterocycles. The van der Waals surface area contributed by atoms with Crippen molar-refractivity contribution in [2.45, 2.75) is 19.8 Å². The maximum atomic E-state index is 5.84. The molecule has 0 radical (unpaired) electrons. The summed E-state index contributed by atoms with van der Waals surface area (Å²) in [7, 11) is 1.67. The molecule has 1 aliphatic carbocycles. The van der Waals surface area contributed by atoms with Crippen LogP contribution in [-0.4, -0.2) is 32.8 Å². The van der Waals surface area contributed by atoms with Gasteiger partial charge in [-0.1, -0.05) is 31.2 Å². The van der Waals surface area contributed by atoms with Crippen molar-refractivity contribution in [3.8, 4) is 0 Å². The molecule has 0 aliphatic heterocycles. The van der Waals surface area contributed by atoms with Gasteiger partial charge in [-0.05, 0) is 29.4 Å². The Labute approximate surface area is 138 Å². The first kappa shape index (κ1) is 17.2. The lowest BCUT2D eigenvalue weighted by Gasteiger charge is -2.21. The van der Waals surface area contributed by atoms with E-state index in [-0.39, 0.29) is 29.4 Å². The highest BCUT2D eigenvalue weighted by Gasteiger charge is 2.32. The second-order valence-corrected chi connectivity index (χ2v) is 5.55. The molecule has 0 atom stereocenters. The van der Waals surface area contributed by atoms with E-state index in [1.165, 1.54) is 11.1 Å². The first-order valence-corrected chi connectivity index (χ1v) is 6.72. The predicted octanol–water partition coefficient (Wildman–Crippen LogP) is 1.96. The van der Waals surface area contributed by atoms with E-state index in [1.807, 2.05) is 0 Å². The Hall–Kier alpha value is -0.820. The summed E-state index contributed by atoms with van der Waals surface area (Å²) in [6, 6.07) is 8.64. The number of nitrogens with zero attached hydrogens (tertiary/aromatic N) is 1. The van der Waals surface area contributed by atoms with E-state index in [1.54, 1.807) is 7.11 Å².